The van der Waals surface area contributed by atoms with Gasteiger partial charge in [-0.3, -0.25) is 0 Å². The van der Waals surface area contributed by atoms with E-state index < -0.39 is 37.1 Å². The first-order chi connectivity index (χ1) is 12.6. The van der Waals surface area contributed by atoms with E-state index in [1.54, 1.807) is 11.3 Å². The fourth-order valence-electron chi connectivity index (χ4n) is 3.30. The van der Waals surface area contributed by atoms with E-state index in [1.165, 1.54) is 26.3 Å². The third kappa shape index (κ3) is 3.32. The van der Waals surface area contributed by atoms with Crippen molar-refractivity contribution < 1.29 is 25.2 Å². The Morgan fingerprint density at radius 1 is 1.00 bits per heavy atom. The van der Waals surface area contributed by atoms with E-state index in [9.17, 15) is 20.4 Å². The summed E-state index contributed by atoms with van der Waals surface area (Å²) in [6, 6.07) is 12.4. The van der Waals surface area contributed by atoms with Crippen molar-refractivity contribution >= 4 is 32.8 Å². The van der Waals surface area contributed by atoms with Crippen molar-refractivity contribution in [2.24, 2.45) is 0 Å². The smallest absolute Gasteiger partial charge is 0.121 e. The van der Waals surface area contributed by atoms with Crippen LogP contribution in [-0.4, -0.2) is 51.4 Å². The average molecular weight is 392 g/mol. The summed E-state index contributed by atoms with van der Waals surface area (Å²) in [5, 5.41) is 42.7. The number of aliphatic hydroxyl groups excluding tert-OH is 4. The normalized spacial score (nSPS) is 29.3. The number of fused-ring (bicyclic) bond motifs is 1. The number of ether oxygens (including phenoxy) is 1. The van der Waals surface area contributed by atoms with Crippen LogP contribution in [0, 0.1) is 0 Å². The first kappa shape index (κ1) is 18.1. The lowest BCUT2D eigenvalue weighted by atomic mass is 9.94. The summed E-state index contributed by atoms with van der Waals surface area (Å²) in [7, 11) is 0. The van der Waals surface area contributed by atoms with Gasteiger partial charge in [0.15, 0.2) is 0 Å². The summed E-state index contributed by atoms with van der Waals surface area (Å²) in [6.45, 7) is -0.415. The Hall–Kier alpha value is -1.32. The molecule has 0 bridgehead atoms. The van der Waals surface area contributed by atoms with E-state index in [2.05, 4.69) is 18.2 Å². The highest BCUT2D eigenvalue weighted by Gasteiger charge is 2.44. The molecule has 2 aromatic heterocycles. The molecule has 3 heterocycles. The van der Waals surface area contributed by atoms with Crippen LogP contribution in [0.3, 0.4) is 0 Å². The molecule has 1 fully saturated rings. The Morgan fingerprint density at radius 2 is 1.81 bits per heavy atom. The van der Waals surface area contributed by atoms with Gasteiger partial charge in [0, 0.05) is 20.9 Å². The first-order valence-electron chi connectivity index (χ1n) is 8.42. The fraction of sp³-hybridized carbons (Fsp3) is 0.368. The molecule has 4 N–H and O–H groups in total. The van der Waals surface area contributed by atoms with Crippen molar-refractivity contribution in [3.05, 3.63) is 57.1 Å². The van der Waals surface area contributed by atoms with Gasteiger partial charge in [0.25, 0.3) is 0 Å². The summed E-state index contributed by atoms with van der Waals surface area (Å²) in [6.07, 6.45) is -4.77. The van der Waals surface area contributed by atoms with E-state index in [1.807, 2.05) is 23.6 Å². The van der Waals surface area contributed by atoms with Gasteiger partial charge < -0.3 is 25.2 Å². The molecule has 0 amide bonds. The molecule has 4 rings (SSSR count). The molecule has 0 aliphatic carbocycles. The molecule has 0 saturated carbocycles. The molecule has 26 heavy (non-hydrogen) atoms. The highest BCUT2D eigenvalue weighted by Crippen LogP contribution is 2.36. The van der Waals surface area contributed by atoms with Gasteiger partial charge in [-0.1, -0.05) is 18.2 Å². The van der Waals surface area contributed by atoms with Gasteiger partial charge in [0.2, 0.25) is 0 Å². The van der Waals surface area contributed by atoms with Crippen molar-refractivity contribution in [1.29, 1.82) is 0 Å². The Balaban J connectivity index is 1.53. The summed E-state index contributed by atoms with van der Waals surface area (Å²) >= 11 is 3.21. The monoisotopic (exact) mass is 392 g/mol. The lowest BCUT2D eigenvalue weighted by Crippen LogP contribution is -2.55. The van der Waals surface area contributed by atoms with Crippen LogP contribution in [0.15, 0.2) is 41.8 Å². The minimum Gasteiger partial charge on any atom is -0.394 e. The predicted octanol–water partition coefficient (Wildman–Crippen LogP) is 2.07. The number of thiophene rings is 2. The van der Waals surface area contributed by atoms with E-state index in [0.29, 0.717) is 0 Å². The molecule has 1 aliphatic rings. The molecule has 0 radical (unpaired) electrons. The van der Waals surface area contributed by atoms with Crippen LogP contribution in [0.2, 0.25) is 0 Å². The molecular weight excluding hydrogens is 372 g/mol. The van der Waals surface area contributed by atoms with Crippen LogP contribution in [0.1, 0.15) is 21.4 Å². The second-order valence-corrected chi connectivity index (χ2v) is 8.65. The third-order valence-electron chi connectivity index (χ3n) is 4.70. The molecule has 0 unspecified atom stereocenters. The molecule has 3 aromatic rings. The van der Waals surface area contributed by atoms with Crippen LogP contribution >= 0.6 is 22.7 Å². The number of aliphatic hydroxyl groups is 4. The lowest BCUT2D eigenvalue weighted by Gasteiger charge is -2.39. The largest absolute Gasteiger partial charge is 0.394 e. The molecule has 5 atom stereocenters. The summed E-state index contributed by atoms with van der Waals surface area (Å²) in [4.78, 5) is 2.03. The Bertz CT molecular complexity index is 854. The third-order valence-corrected chi connectivity index (χ3v) is 6.86. The SMILES string of the molecule is OC[C@H]1O[C@@H](c2cc(Cc3cc4ccccc4s3)cs2)[C@H](O)[C@@H](O)[C@@H]1O. The number of benzene rings is 1. The van der Waals surface area contributed by atoms with Crippen LogP contribution in [0.5, 0.6) is 0 Å². The van der Waals surface area contributed by atoms with Crippen LogP contribution in [-0.2, 0) is 11.2 Å². The van der Waals surface area contributed by atoms with Crippen molar-refractivity contribution in [3.8, 4) is 0 Å². The van der Waals surface area contributed by atoms with E-state index in [-0.39, 0.29) is 0 Å². The summed E-state index contributed by atoms with van der Waals surface area (Å²) in [5.74, 6) is 0. The second-order valence-electron chi connectivity index (χ2n) is 6.53. The van der Waals surface area contributed by atoms with Crippen molar-refractivity contribution in [2.45, 2.75) is 36.9 Å². The molecule has 0 spiro atoms. The minimum absolute atomic E-state index is 0.415. The van der Waals surface area contributed by atoms with Gasteiger partial charge in [-0.25, -0.2) is 0 Å². The predicted molar refractivity (Wildman–Crippen MR) is 102 cm³/mol. The highest BCUT2D eigenvalue weighted by molar-refractivity contribution is 7.19. The standard InChI is InChI=1S/C19H20O5S2/c20-8-13-16(21)17(22)18(23)19(24-13)15-6-10(9-25-15)5-12-7-11-3-1-2-4-14(11)26-12/h1-4,6-7,9,13,16-23H,5,8H2/t13-,16-,17+,18-,19+/m1/s1. The van der Waals surface area contributed by atoms with Gasteiger partial charge in [-0.15, -0.1) is 22.7 Å². The maximum Gasteiger partial charge on any atom is 0.121 e. The first-order valence-corrected chi connectivity index (χ1v) is 10.1. The molecule has 1 saturated heterocycles. The molecular formula is C19H20O5S2. The van der Waals surface area contributed by atoms with Crippen molar-refractivity contribution in [2.75, 3.05) is 6.61 Å². The number of rotatable bonds is 4. The zero-order valence-electron chi connectivity index (χ0n) is 13.9. The Kier molecular flexibility index (Phi) is 5.11. The van der Waals surface area contributed by atoms with Gasteiger partial charge >= 0.3 is 0 Å². The number of hydrogen-bond acceptors (Lipinski definition) is 7. The molecule has 7 heteroatoms. The second kappa shape index (κ2) is 7.36. The maximum absolute atomic E-state index is 10.3. The maximum atomic E-state index is 10.3. The topological polar surface area (TPSA) is 90.2 Å². The van der Waals surface area contributed by atoms with Gasteiger partial charge in [-0.05, 0) is 34.5 Å². The molecule has 1 aromatic carbocycles. The Morgan fingerprint density at radius 3 is 2.58 bits per heavy atom. The lowest BCUT2D eigenvalue weighted by molar-refractivity contribution is -0.230. The zero-order chi connectivity index (χ0) is 18.3. The van der Waals surface area contributed by atoms with Gasteiger partial charge in [-0.2, -0.15) is 0 Å². The summed E-state index contributed by atoms with van der Waals surface area (Å²) in [5.41, 5.74) is 1.11. The van der Waals surface area contributed by atoms with E-state index in [0.717, 1.165) is 16.9 Å². The van der Waals surface area contributed by atoms with Gasteiger partial charge in [0.1, 0.15) is 30.5 Å². The zero-order valence-corrected chi connectivity index (χ0v) is 15.5. The quantitative estimate of drug-likeness (QED) is 0.546. The number of hydrogen-bond donors (Lipinski definition) is 4. The molecule has 5 nitrogen and oxygen atoms in total. The van der Waals surface area contributed by atoms with Gasteiger partial charge in [0.05, 0.1) is 6.61 Å². The Labute approximate surface area is 158 Å². The summed E-state index contributed by atoms with van der Waals surface area (Å²) < 4.78 is 6.89. The van der Waals surface area contributed by atoms with Crippen LogP contribution in [0.25, 0.3) is 10.1 Å². The van der Waals surface area contributed by atoms with E-state index >= 15 is 0 Å². The van der Waals surface area contributed by atoms with Crippen molar-refractivity contribution in [3.63, 3.8) is 0 Å². The van der Waals surface area contributed by atoms with E-state index in [4.69, 9.17) is 4.74 Å². The minimum atomic E-state index is -1.35. The van der Waals surface area contributed by atoms with Crippen LogP contribution < -0.4 is 0 Å². The van der Waals surface area contributed by atoms with Crippen molar-refractivity contribution in [1.82, 2.24) is 0 Å². The molecule has 138 valence electrons. The molecule has 1 aliphatic heterocycles. The van der Waals surface area contributed by atoms with Crippen LogP contribution in [0.4, 0.5) is 0 Å². The fourth-order valence-corrected chi connectivity index (χ4v) is 5.38. The highest BCUT2D eigenvalue weighted by atomic mass is 32.1. The average Bonchev–Trinajstić information content (AvgIpc) is 3.26.